The fourth-order valence-electron chi connectivity index (χ4n) is 3.36. The molecule has 0 spiro atoms. The molecule has 0 saturated carbocycles. The maximum Gasteiger partial charge on any atom is 0.308 e. The van der Waals surface area contributed by atoms with Crippen LogP contribution in [0.1, 0.15) is 26.2 Å². The number of rotatable bonds is 4. The van der Waals surface area contributed by atoms with Crippen molar-refractivity contribution in [2.24, 2.45) is 5.92 Å². The van der Waals surface area contributed by atoms with Crippen molar-refractivity contribution in [2.75, 3.05) is 24.5 Å². The lowest BCUT2D eigenvalue weighted by Gasteiger charge is -2.34. The molecule has 2 aliphatic rings. The third-order valence-corrected chi connectivity index (χ3v) is 4.75. The number of ether oxygens (including phenoxy) is 1. The number of likely N-dealkylation sites (tertiary alicyclic amines) is 1. The zero-order valence-electron chi connectivity index (χ0n) is 14.2. The molecule has 134 valence electrons. The maximum atomic E-state index is 12.5. The highest BCUT2D eigenvalue weighted by Crippen LogP contribution is 2.33. The van der Waals surface area contributed by atoms with Gasteiger partial charge >= 0.3 is 5.97 Å². The van der Waals surface area contributed by atoms with Gasteiger partial charge < -0.3 is 19.6 Å². The van der Waals surface area contributed by atoms with Gasteiger partial charge in [-0.1, -0.05) is 12.1 Å². The molecule has 2 amide bonds. The highest BCUT2D eigenvalue weighted by atomic mass is 16.5. The first kappa shape index (κ1) is 17.3. The molecule has 7 heteroatoms. The van der Waals surface area contributed by atoms with Crippen molar-refractivity contribution < 1.29 is 24.2 Å². The number of anilines is 1. The second kappa shape index (κ2) is 7.13. The molecule has 0 radical (unpaired) electrons. The summed E-state index contributed by atoms with van der Waals surface area (Å²) in [6.07, 6.45) is 0.876. The molecule has 0 aliphatic carbocycles. The summed E-state index contributed by atoms with van der Waals surface area (Å²) >= 11 is 0. The predicted octanol–water partition coefficient (Wildman–Crippen LogP) is 1.51. The van der Waals surface area contributed by atoms with E-state index in [1.54, 1.807) is 28.9 Å². The molecule has 25 heavy (non-hydrogen) atoms. The van der Waals surface area contributed by atoms with Crippen LogP contribution < -0.4 is 9.64 Å². The summed E-state index contributed by atoms with van der Waals surface area (Å²) in [4.78, 5) is 39.2. The Kier molecular flexibility index (Phi) is 4.92. The first-order valence-electron chi connectivity index (χ1n) is 8.55. The zero-order valence-corrected chi connectivity index (χ0v) is 14.2. The summed E-state index contributed by atoms with van der Waals surface area (Å²) in [6.45, 7) is 2.77. The first-order valence-corrected chi connectivity index (χ1v) is 8.55. The molecule has 0 unspecified atom stereocenters. The van der Waals surface area contributed by atoms with Gasteiger partial charge in [0.1, 0.15) is 5.75 Å². The van der Waals surface area contributed by atoms with Crippen LogP contribution >= 0.6 is 0 Å². The SMILES string of the molecule is C[C@H]1Oc2ccccc2N(CCC(=O)N2CCC[C@H](C(=O)O)C2)C1=O. The van der Waals surface area contributed by atoms with Crippen molar-refractivity contribution >= 4 is 23.5 Å². The van der Waals surface area contributed by atoms with Crippen LogP contribution in [0.25, 0.3) is 0 Å². The molecule has 1 N–H and O–H groups in total. The number of benzene rings is 1. The quantitative estimate of drug-likeness (QED) is 0.893. The summed E-state index contributed by atoms with van der Waals surface area (Å²) in [6, 6.07) is 7.26. The molecule has 3 rings (SSSR count). The molecule has 2 aliphatic heterocycles. The Morgan fingerprint density at radius 3 is 2.84 bits per heavy atom. The summed E-state index contributed by atoms with van der Waals surface area (Å²) < 4.78 is 5.59. The molecule has 0 bridgehead atoms. The van der Waals surface area contributed by atoms with E-state index in [4.69, 9.17) is 9.84 Å². The van der Waals surface area contributed by atoms with Gasteiger partial charge in [0.25, 0.3) is 5.91 Å². The Morgan fingerprint density at radius 1 is 1.32 bits per heavy atom. The molecular weight excluding hydrogens is 324 g/mol. The highest BCUT2D eigenvalue weighted by molar-refractivity contribution is 6.00. The van der Waals surface area contributed by atoms with Gasteiger partial charge in [-0.3, -0.25) is 14.4 Å². The monoisotopic (exact) mass is 346 g/mol. The fourth-order valence-corrected chi connectivity index (χ4v) is 3.36. The number of carbonyl (C=O) groups excluding carboxylic acids is 2. The largest absolute Gasteiger partial charge is 0.481 e. The van der Waals surface area contributed by atoms with E-state index in [-0.39, 0.29) is 31.3 Å². The van der Waals surface area contributed by atoms with Crippen LogP contribution in [0.4, 0.5) is 5.69 Å². The zero-order chi connectivity index (χ0) is 18.0. The van der Waals surface area contributed by atoms with Crippen LogP contribution in [0, 0.1) is 5.92 Å². The molecule has 0 aromatic heterocycles. The van der Waals surface area contributed by atoms with Crippen molar-refractivity contribution in [2.45, 2.75) is 32.3 Å². The topological polar surface area (TPSA) is 87.2 Å². The lowest BCUT2D eigenvalue weighted by molar-refractivity contribution is -0.145. The second-order valence-electron chi connectivity index (χ2n) is 6.48. The summed E-state index contributed by atoms with van der Waals surface area (Å²) in [5.74, 6) is -1.01. The van der Waals surface area contributed by atoms with Crippen LogP contribution in [0.5, 0.6) is 5.75 Å². The molecular formula is C18H22N2O5. The number of carboxylic acids is 1. The van der Waals surface area contributed by atoms with E-state index in [1.165, 1.54) is 0 Å². The van der Waals surface area contributed by atoms with Gasteiger partial charge in [-0.25, -0.2) is 0 Å². The van der Waals surface area contributed by atoms with Gasteiger partial charge in [0, 0.05) is 26.1 Å². The normalized spacial score (nSPS) is 23.0. The van der Waals surface area contributed by atoms with Crippen LogP contribution in [0.3, 0.4) is 0 Å². The van der Waals surface area contributed by atoms with E-state index in [0.717, 1.165) is 0 Å². The smallest absolute Gasteiger partial charge is 0.308 e. The number of aliphatic carboxylic acids is 1. The molecule has 2 atom stereocenters. The molecule has 1 saturated heterocycles. The van der Waals surface area contributed by atoms with E-state index in [1.807, 2.05) is 12.1 Å². The lowest BCUT2D eigenvalue weighted by Crippen LogP contribution is -2.47. The summed E-state index contributed by atoms with van der Waals surface area (Å²) in [5, 5.41) is 9.14. The number of fused-ring (bicyclic) bond motifs is 1. The van der Waals surface area contributed by atoms with Crippen molar-refractivity contribution in [3.8, 4) is 5.75 Å². The van der Waals surface area contributed by atoms with Gasteiger partial charge in [0.2, 0.25) is 5.91 Å². The van der Waals surface area contributed by atoms with Crippen LogP contribution in [0.2, 0.25) is 0 Å². The van der Waals surface area contributed by atoms with Crippen molar-refractivity contribution in [3.05, 3.63) is 24.3 Å². The van der Waals surface area contributed by atoms with Crippen molar-refractivity contribution in [3.63, 3.8) is 0 Å². The average Bonchev–Trinajstić information content (AvgIpc) is 2.62. The van der Waals surface area contributed by atoms with Crippen LogP contribution in [-0.2, 0) is 14.4 Å². The average molecular weight is 346 g/mol. The summed E-state index contributed by atoms with van der Waals surface area (Å²) in [7, 11) is 0. The van der Waals surface area contributed by atoms with E-state index < -0.39 is 18.0 Å². The molecule has 1 aromatic carbocycles. The van der Waals surface area contributed by atoms with Crippen molar-refractivity contribution in [1.82, 2.24) is 4.90 Å². The lowest BCUT2D eigenvalue weighted by atomic mass is 9.98. The number of hydrogen-bond acceptors (Lipinski definition) is 4. The third-order valence-electron chi connectivity index (χ3n) is 4.75. The fraction of sp³-hybridized carbons (Fsp3) is 0.500. The van der Waals surface area contributed by atoms with Gasteiger partial charge in [0.05, 0.1) is 11.6 Å². The number of nitrogens with zero attached hydrogens (tertiary/aromatic N) is 2. The number of amides is 2. The van der Waals surface area contributed by atoms with E-state index in [9.17, 15) is 14.4 Å². The number of para-hydroxylation sites is 2. The standard InChI is InChI=1S/C18H22N2O5/c1-12-17(22)20(14-6-2-3-7-15(14)25-12)10-8-16(21)19-9-4-5-13(11-19)18(23)24/h2-3,6-7,12-13H,4-5,8-11H2,1H3,(H,23,24)/t12-,13+/m1/s1. The Hall–Kier alpha value is -2.57. The van der Waals surface area contributed by atoms with Crippen LogP contribution in [0.15, 0.2) is 24.3 Å². The number of hydrogen-bond donors (Lipinski definition) is 1. The molecule has 1 fully saturated rings. The Morgan fingerprint density at radius 2 is 2.08 bits per heavy atom. The molecule has 7 nitrogen and oxygen atoms in total. The van der Waals surface area contributed by atoms with Gasteiger partial charge in [0.15, 0.2) is 6.10 Å². The van der Waals surface area contributed by atoms with Gasteiger partial charge in [-0.05, 0) is 31.9 Å². The molecule has 1 aromatic rings. The third kappa shape index (κ3) is 3.60. The minimum absolute atomic E-state index is 0.115. The molecule has 2 heterocycles. The maximum absolute atomic E-state index is 12.5. The minimum atomic E-state index is -0.858. The van der Waals surface area contributed by atoms with Gasteiger partial charge in [-0.2, -0.15) is 0 Å². The van der Waals surface area contributed by atoms with E-state index in [0.29, 0.717) is 30.8 Å². The Bertz CT molecular complexity index is 690. The highest BCUT2D eigenvalue weighted by Gasteiger charge is 2.33. The Labute approximate surface area is 146 Å². The predicted molar refractivity (Wildman–Crippen MR) is 90.4 cm³/mol. The first-order chi connectivity index (χ1) is 12.0. The summed E-state index contributed by atoms with van der Waals surface area (Å²) in [5.41, 5.74) is 0.667. The van der Waals surface area contributed by atoms with Crippen molar-refractivity contribution in [1.29, 1.82) is 0 Å². The number of piperidine rings is 1. The van der Waals surface area contributed by atoms with E-state index >= 15 is 0 Å². The minimum Gasteiger partial charge on any atom is -0.481 e. The van der Waals surface area contributed by atoms with E-state index in [2.05, 4.69) is 0 Å². The number of carboxylic acid groups (broad SMARTS) is 1. The Balaban J connectivity index is 1.65. The van der Waals surface area contributed by atoms with Crippen LogP contribution in [-0.4, -0.2) is 53.5 Å². The number of carbonyl (C=O) groups is 3. The second-order valence-corrected chi connectivity index (χ2v) is 6.48. The van der Waals surface area contributed by atoms with Gasteiger partial charge in [-0.15, -0.1) is 0 Å².